The molecule has 2 atom stereocenters. The molecule has 1 saturated heterocycles. The second kappa shape index (κ2) is 5.09. The molecule has 0 spiro atoms. The fourth-order valence-electron chi connectivity index (χ4n) is 2.96. The first-order valence-electron chi connectivity index (χ1n) is 6.50. The van der Waals surface area contributed by atoms with Crippen molar-refractivity contribution in [1.29, 1.82) is 0 Å². The molecule has 1 aromatic rings. The monoisotopic (exact) mass is 284 g/mol. The average Bonchev–Trinajstić information content (AvgIpc) is 2.25. The number of halogens is 2. The third kappa shape index (κ3) is 3.72. The van der Waals surface area contributed by atoms with Gasteiger partial charge in [-0.05, 0) is 19.4 Å². The Morgan fingerprint density at radius 3 is 2.15 bits per heavy atom. The Morgan fingerprint density at radius 2 is 1.70 bits per heavy atom. The van der Waals surface area contributed by atoms with E-state index in [-0.39, 0.29) is 25.2 Å². The summed E-state index contributed by atoms with van der Waals surface area (Å²) in [5.41, 5.74) is -2.28. The molecule has 0 bridgehead atoms. The van der Waals surface area contributed by atoms with Gasteiger partial charge in [0, 0.05) is 38.2 Å². The van der Waals surface area contributed by atoms with Crippen LogP contribution in [0.5, 0.6) is 0 Å². The Balaban J connectivity index is 2.07. The van der Waals surface area contributed by atoms with E-state index in [1.807, 2.05) is 0 Å². The molecule has 6 heteroatoms. The van der Waals surface area contributed by atoms with Crippen molar-refractivity contribution in [2.45, 2.75) is 38.2 Å². The van der Waals surface area contributed by atoms with Crippen LogP contribution in [-0.2, 0) is 6.54 Å². The number of nitrogens with zero attached hydrogens (tertiary/aromatic N) is 2. The summed E-state index contributed by atoms with van der Waals surface area (Å²) in [6.45, 7) is 3.55. The molecule has 1 heterocycles. The van der Waals surface area contributed by atoms with E-state index in [1.54, 1.807) is 17.0 Å². The van der Waals surface area contributed by atoms with Crippen molar-refractivity contribution in [2.24, 2.45) is 0 Å². The highest BCUT2D eigenvalue weighted by atomic mass is 19.2. The number of hydrogen-bond acceptors (Lipinski definition) is 3. The van der Waals surface area contributed by atoms with Crippen molar-refractivity contribution < 1.29 is 13.7 Å². The second-order valence-electron chi connectivity index (χ2n) is 6.07. The summed E-state index contributed by atoms with van der Waals surface area (Å²) in [7, 11) is 0. The summed E-state index contributed by atoms with van der Waals surface area (Å²) < 4.78 is 28.2. The van der Waals surface area contributed by atoms with Crippen molar-refractivity contribution >= 4 is 5.69 Å². The molecule has 2 rings (SSSR count). The number of hydrogen-bond donors (Lipinski definition) is 0. The Kier molecular flexibility index (Phi) is 3.77. The lowest BCUT2D eigenvalue weighted by molar-refractivity contribution is -0.384. The molecular formula is C14H18F2N2O2. The molecule has 110 valence electrons. The first-order valence-corrected chi connectivity index (χ1v) is 6.50. The van der Waals surface area contributed by atoms with Gasteiger partial charge in [0.15, 0.2) is 0 Å². The minimum Gasteiger partial charge on any atom is -0.293 e. The molecule has 0 radical (unpaired) electrons. The van der Waals surface area contributed by atoms with Gasteiger partial charge in [0.1, 0.15) is 11.3 Å². The summed E-state index contributed by atoms with van der Waals surface area (Å²) in [6.07, 6.45) is -0.100. The van der Waals surface area contributed by atoms with Crippen molar-refractivity contribution in [3.63, 3.8) is 0 Å². The van der Waals surface area contributed by atoms with Gasteiger partial charge in [0.25, 0.3) is 5.69 Å². The third-order valence-electron chi connectivity index (χ3n) is 3.40. The van der Waals surface area contributed by atoms with Gasteiger partial charge >= 0.3 is 0 Å². The number of piperidine rings is 1. The number of benzene rings is 1. The van der Waals surface area contributed by atoms with Crippen LogP contribution in [0, 0.1) is 10.1 Å². The first kappa shape index (κ1) is 14.8. The van der Waals surface area contributed by atoms with Crippen LogP contribution in [-0.4, -0.2) is 34.3 Å². The fourth-order valence-corrected chi connectivity index (χ4v) is 2.96. The molecule has 1 aromatic carbocycles. The van der Waals surface area contributed by atoms with Crippen LogP contribution >= 0.6 is 0 Å². The van der Waals surface area contributed by atoms with E-state index in [2.05, 4.69) is 0 Å². The van der Waals surface area contributed by atoms with Crippen LogP contribution in [0.2, 0.25) is 0 Å². The van der Waals surface area contributed by atoms with Crippen molar-refractivity contribution in [1.82, 2.24) is 4.90 Å². The highest BCUT2D eigenvalue weighted by Gasteiger charge is 2.43. The standard InChI is InChI=1S/C14H18F2N2O2/c1-13(15)8-14(2,16)10-17(9-13)7-11-3-5-12(6-4-11)18(19)20/h3-6H,7-10H2,1-2H3/t13-,14+. The maximum absolute atomic E-state index is 14.1. The zero-order valence-corrected chi connectivity index (χ0v) is 11.6. The highest BCUT2D eigenvalue weighted by Crippen LogP contribution is 2.34. The van der Waals surface area contributed by atoms with Crippen molar-refractivity contribution in [3.8, 4) is 0 Å². The lowest BCUT2D eigenvalue weighted by Crippen LogP contribution is -2.53. The predicted octanol–water partition coefficient (Wildman–Crippen LogP) is 3.26. The van der Waals surface area contributed by atoms with E-state index in [1.165, 1.54) is 26.0 Å². The predicted molar refractivity (Wildman–Crippen MR) is 72.0 cm³/mol. The summed E-state index contributed by atoms with van der Waals surface area (Å²) in [5.74, 6) is 0. The maximum atomic E-state index is 14.1. The van der Waals surface area contributed by atoms with Crippen LogP contribution in [0.3, 0.4) is 0 Å². The first-order chi connectivity index (χ1) is 9.17. The van der Waals surface area contributed by atoms with Crippen LogP contribution in [0.4, 0.5) is 14.5 Å². The molecule has 0 unspecified atom stereocenters. The Morgan fingerprint density at radius 1 is 1.20 bits per heavy atom. The molecule has 1 fully saturated rings. The van der Waals surface area contributed by atoms with Crippen molar-refractivity contribution in [2.75, 3.05) is 13.1 Å². The number of alkyl halides is 2. The highest BCUT2D eigenvalue weighted by molar-refractivity contribution is 5.32. The third-order valence-corrected chi connectivity index (χ3v) is 3.40. The van der Waals surface area contributed by atoms with Crippen LogP contribution in [0.15, 0.2) is 24.3 Å². The molecule has 20 heavy (non-hydrogen) atoms. The zero-order chi connectivity index (χ0) is 15.0. The summed E-state index contributed by atoms with van der Waals surface area (Å²) in [4.78, 5) is 11.8. The van der Waals surface area contributed by atoms with Gasteiger partial charge in [-0.3, -0.25) is 15.0 Å². The average molecular weight is 284 g/mol. The molecule has 1 aliphatic heterocycles. The maximum Gasteiger partial charge on any atom is 0.269 e. The van der Waals surface area contributed by atoms with Gasteiger partial charge in [0.2, 0.25) is 0 Å². The van der Waals surface area contributed by atoms with Crippen molar-refractivity contribution in [3.05, 3.63) is 39.9 Å². The molecule has 0 aliphatic carbocycles. The minimum absolute atomic E-state index is 0.0121. The van der Waals surface area contributed by atoms with Gasteiger partial charge in [-0.1, -0.05) is 12.1 Å². The topological polar surface area (TPSA) is 46.4 Å². The molecule has 0 aromatic heterocycles. The largest absolute Gasteiger partial charge is 0.293 e. The Hall–Kier alpha value is -1.56. The summed E-state index contributed by atoms with van der Waals surface area (Å²) in [5, 5.41) is 10.6. The van der Waals surface area contributed by atoms with E-state index in [9.17, 15) is 18.9 Å². The molecule has 0 N–H and O–H groups in total. The quantitative estimate of drug-likeness (QED) is 0.632. The number of nitro groups is 1. The zero-order valence-electron chi connectivity index (χ0n) is 11.6. The Labute approximate surface area is 116 Å². The molecule has 0 saturated carbocycles. The van der Waals surface area contributed by atoms with Crippen LogP contribution in [0.1, 0.15) is 25.8 Å². The lowest BCUT2D eigenvalue weighted by atomic mass is 9.87. The molecule has 4 nitrogen and oxygen atoms in total. The number of rotatable bonds is 3. The summed E-state index contributed by atoms with van der Waals surface area (Å²) >= 11 is 0. The molecule has 0 amide bonds. The molecule has 1 aliphatic rings. The van der Waals surface area contributed by atoms with Gasteiger partial charge in [-0.15, -0.1) is 0 Å². The van der Waals surface area contributed by atoms with E-state index >= 15 is 0 Å². The minimum atomic E-state index is -1.55. The summed E-state index contributed by atoms with van der Waals surface area (Å²) in [6, 6.07) is 6.06. The second-order valence-corrected chi connectivity index (χ2v) is 6.07. The normalized spacial score (nSPS) is 31.2. The Bertz CT molecular complexity index is 484. The number of non-ortho nitro benzene ring substituents is 1. The van der Waals surface area contributed by atoms with E-state index in [0.717, 1.165) is 5.56 Å². The van der Waals surface area contributed by atoms with Crippen LogP contribution in [0.25, 0.3) is 0 Å². The fraction of sp³-hybridized carbons (Fsp3) is 0.571. The molecular weight excluding hydrogens is 266 g/mol. The van der Waals surface area contributed by atoms with Crippen LogP contribution < -0.4 is 0 Å². The van der Waals surface area contributed by atoms with Gasteiger partial charge in [0.05, 0.1) is 4.92 Å². The van der Waals surface area contributed by atoms with E-state index in [0.29, 0.717) is 6.54 Å². The van der Waals surface area contributed by atoms with Gasteiger partial charge in [-0.25, -0.2) is 8.78 Å². The van der Waals surface area contributed by atoms with E-state index < -0.39 is 16.3 Å². The van der Waals surface area contributed by atoms with E-state index in [4.69, 9.17) is 0 Å². The lowest BCUT2D eigenvalue weighted by Gasteiger charge is -2.42. The number of likely N-dealkylation sites (tertiary alicyclic amines) is 1. The smallest absolute Gasteiger partial charge is 0.269 e. The van der Waals surface area contributed by atoms with Gasteiger partial charge in [-0.2, -0.15) is 0 Å². The van der Waals surface area contributed by atoms with Gasteiger partial charge < -0.3 is 0 Å². The SMILES string of the molecule is C[C@]1(F)CN(Cc2ccc([N+](=O)[O-])cc2)C[C@@](C)(F)C1. The number of nitro benzene ring substituents is 1.